The van der Waals surface area contributed by atoms with Crippen molar-refractivity contribution >= 4 is 87.6 Å². The topological polar surface area (TPSA) is 457 Å². The largest absolute Gasteiger partial charge is 0.481 e. The van der Waals surface area contributed by atoms with E-state index in [0.717, 1.165) is 4.57 Å². The van der Waals surface area contributed by atoms with E-state index in [9.17, 15) is 64.2 Å². The average Bonchev–Trinajstić information content (AvgIpc) is 4.00. The lowest BCUT2D eigenvalue weighted by atomic mass is 9.90. The highest BCUT2D eigenvalue weighted by Crippen LogP contribution is 2.58. The van der Waals surface area contributed by atoms with E-state index < -0.39 is 112 Å². The van der Waals surface area contributed by atoms with E-state index in [1.54, 1.807) is 26.0 Å². The van der Waals surface area contributed by atoms with Crippen LogP contribution in [0.2, 0.25) is 0 Å². The monoisotopic (exact) mass is 1170 g/mol. The summed E-state index contributed by atoms with van der Waals surface area (Å²) in [7, 11) is -18.3. The number of carbonyl (C=O) groups excluding carboxylic acids is 3. The molecule has 4 aromatic rings. The Hall–Kier alpha value is -6.71. The van der Waals surface area contributed by atoms with E-state index in [2.05, 4.69) is 39.7 Å². The van der Waals surface area contributed by atoms with Gasteiger partial charge in [0.25, 0.3) is 37.7 Å². The SMILES string of the molecule is CCN=c1ccc2c(-c3ccccc3C(=O)N(C)CCCC(=O)NCCNC(=O)O[C@@H]3[C@H](O)[C@@H](COP(=O)(O)OP(=O)(O)O)O[C@H]3[n+]3cn(C)c4c(=O)[nH]c(N)nc43)c3ccc(NCC)c(S(=O)(=O)O)c3oc-2c1S(=O)(=O)O. The third-order valence-corrected chi connectivity index (χ3v) is 15.8. The molecule has 2 aromatic carbocycles. The summed E-state index contributed by atoms with van der Waals surface area (Å²) in [5.41, 5.74) is 4.65. The van der Waals surface area contributed by atoms with Crippen molar-refractivity contribution in [3.05, 3.63) is 76.1 Å². The fourth-order valence-corrected chi connectivity index (χ4v) is 11.8. The van der Waals surface area contributed by atoms with Crippen LogP contribution >= 0.6 is 15.6 Å². The third-order valence-electron chi connectivity index (χ3n) is 11.8. The number of H-pyrrole nitrogens is 1. The number of phosphoric ester groups is 1. The van der Waals surface area contributed by atoms with Crippen LogP contribution in [0.3, 0.4) is 0 Å². The number of ether oxygens (including phenoxy) is 2. The number of imidazole rings is 1. The molecule has 422 valence electrons. The molecule has 78 heavy (non-hydrogen) atoms. The van der Waals surface area contributed by atoms with Crippen LogP contribution in [0.4, 0.5) is 16.4 Å². The fourth-order valence-electron chi connectivity index (χ4n) is 8.66. The summed E-state index contributed by atoms with van der Waals surface area (Å²) < 4.78 is 125. The number of nitrogens with two attached hydrogens (primary N) is 1. The molecule has 1 aliphatic carbocycles. The lowest BCUT2D eigenvalue weighted by molar-refractivity contribution is -0.745. The molecule has 0 saturated carbocycles. The summed E-state index contributed by atoms with van der Waals surface area (Å²) in [5, 5.41) is 18.8. The number of anilines is 2. The number of nitrogens with zero attached hydrogens (tertiary/aromatic N) is 5. The lowest BCUT2D eigenvalue weighted by Gasteiger charge is -2.23. The molecular weight excluding hydrogens is 1120 g/mol. The first kappa shape index (κ1) is 59.0. The van der Waals surface area contributed by atoms with Gasteiger partial charge >= 0.3 is 27.4 Å². The van der Waals surface area contributed by atoms with Gasteiger partial charge in [-0.05, 0) is 56.2 Å². The van der Waals surface area contributed by atoms with Gasteiger partial charge in [-0.3, -0.25) is 42.6 Å². The van der Waals surface area contributed by atoms with E-state index >= 15 is 0 Å². The predicted octanol–water partition coefficient (Wildman–Crippen LogP) is 0.743. The molecule has 31 nitrogen and oxygen atoms in total. The second kappa shape index (κ2) is 23.3. The first-order chi connectivity index (χ1) is 36.5. The van der Waals surface area contributed by atoms with Crippen LogP contribution in [0.15, 0.2) is 78.9 Å². The number of fused-ring (bicyclic) bond motifs is 3. The van der Waals surface area contributed by atoms with Gasteiger partial charge in [-0.15, -0.1) is 0 Å². The van der Waals surface area contributed by atoms with Crippen molar-refractivity contribution in [2.75, 3.05) is 57.4 Å². The Bertz CT molecular complexity index is 3750. The minimum Gasteiger partial charge on any atom is -0.453 e. The zero-order valence-electron chi connectivity index (χ0n) is 41.5. The zero-order chi connectivity index (χ0) is 57.2. The van der Waals surface area contributed by atoms with Gasteiger partial charge in [0.05, 0.1) is 24.7 Å². The summed E-state index contributed by atoms with van der Waals surface area (Å²) >= 11 is 0. The molecule has 0 bridgehead atoms. The van der Waals surface area contributed by atoms with E-state index in [1.807, 2.05) is 0 Å². The first-order valence-electron chi connectivity index (χ1n) is 23.2. The van der Waals surface area contributed by atoms with Gasteiger partial charge in [-0.25, -0.2) is 18.5 Å². The van der Waals surface area contributed by atoms with Crippen LogP contribution in [0, 0.1) is 0 Å². The molecule has 1 unspecified atom stereocenters. The molecule has 0 radical (unpaired) electrons. The smallest absolute Gasteiger partial charge is 0.453 e. The number of aromatic amines is 1. The Balaban J connectivity index is 1.03. The third kappa shape index (κ3) is 13.1. The first-order valence-corrected chi connectivity index (χ1v) is 29.1. The number of rotatable bonds is 21. The van der Waals surface area contributed by atoms with E-state index in [0.29, 0.717) is 0 Å². The standard InChI is InChI=1S/C43H52N10O21P2S2/c1-5-45-26-15-13-24-30(25-14-16-27(46-6-2)37(78(67,68)69)34(25)72-33(24)36(26)77(64,65)66)22-10-7-8-11-23(22)40(57)51(3)19-9-12-29(54)47-17-18-48-43(58)73-35-32(55)28(20-70-76(62,63)74-75(59,60)61)71-41(35)53-21-52(4)31-38(53)49-42(44)50-39(31)56/h7-8,10-11,13-16,21,28,32,35,41,55H,5-6,9,12,17-20H2,1-4H3,(H10-,44,45,46,47,48,49,50,54,56,58,59,60,61,62,63,64,65,66,67,68,69)/p+1/t28-,32-,35-,41-/m1/s1. The second-order valence-electron chi connectivity index (χ2n) is 17.2. The number of aryl methyl sites for hydroxylation is 1. The van der Waals surface area contributed by atoms with Gasteiger partial charge in [-0.1, -0.05) is 23.2 Å². The number of phosphoric acid groups is 2. The van der Waals surface area contributed by atoms with Crippen LogP contribution in [0.25, 0.3) is 44.6 Å². The summed E-state index contributed by atoms with van der Waals surface area (Å²) in [5.74, 6) is -1.94. The molecule has 3 amide bonds. The van der Waals surface area contributed by atoms with Crippen molar-refractivity contribution in [3.8, 4) is 22.5 Å². The molecule has 2 aliphatic heterocycles. The fraction of sp³-hybridized carbons (Fsp3) is 0.372. The number of aliphatic hydroxyl groups is 1. The van der Waals surface area contributed by atoms with Crippen molar-refractivity contribution in [2.24, 2.45) is 12.0 Å². The van der Waals surface area contributed by atoms with Crippen molar-refractivity contribution in [1.82, 2.24) is 30.1 Å². The highest BCUT2D eigenvalue weighted by Gasteiger charge is 2.51. The maximum absolute atomic E-state index is 14.3. The Labute approximate surface area is 441 Å². The number of amides is 3. The lowest BCUT2D eigenvalue weighted by Crippen LogP contribution is -2.49. The number of hydrogen-bond acceptors (Lipinski definition) is 20. The average molecular weight is 1170 g/mol. The molecule has 4 heterocycles. The molecule has 2 aromatic heterocycles. The van der Waals surface area contributed by atoms with Gasteiger partial charge in [-0.2, -0.15) is 21.1 Å². The van der Waals surface area contributed by atoms with Crippen LogP contribution in [0.1, 0.15) is 43.3 Å². The number of nitrogens with one attached hydrogen (secondary N) is 4. The number of alkyl carbamates (subject to hydrolysis) is 1. The maximum atomic E-state index is 14.3. The normalized spacial score (nSPS) is 18.1. The summed E-state index contributed by atoms with van der Waals surface area (Å²) in [6.45, 7) is 2.09. The minimum absolute atomic E-state index is 0.00126. The van der Waals surface area contributed by atoms with Gasteiger partial charge < -0.3 is 60.3 Å². The van der Waals surface area contributed by atoms with Crippen molar-refractivity contribution in [1.29, 1.82) is 0 Å². The van der Waals surface area contributed by atoms with Crippen molar-refractivity contribution in [3.63, 3.8) is 0 Å². The van der Waals surface area contributed by atoms with Crippen molar-refractivity contribution < 1.29 is 96.5 Å². The van der Waals surface area contributed by atoms with Crippen LogP contribution in [-0.4, -0.2) is 148 Å². The second-order valence-corrected chi connectivity index (χ2v) is 22.8. The molecule has 1 fully saturated rings. The van der Waals surface area contributed by atoms with Crippen molar-refractivity contribution in [2.45, 2.75) is 61.0 Å². The number of benzene rings is 3. The molecular formula is C43H53N10O21P2S2+. The van der Waals surface area contributed by atoms with E-state index in [4.69, 9.17) is 29.4 Å². The Morgan fingerprint density at radius 3 is 2.35 bits per heavy atom. The highest BCUT2D eigenvalue weighted by atomic mass is 32.2. The molecule has 3 aliphatic rings. The Morgan fingerprint density at radius 2 is 1.68 bits per heavy atom. The molecule has 5 atom stereocenters. The molecule has 35 heteroatoms. The summed E-state index contributed by atoms with van der Waals surface area (Å²) in [6.07, 6.45) is -6.67. The van der Waals surface area contributed by atoms with Gasteiger partial charge in [0.1, 0.15) is 12.2 Å². The number of carbonyl (C=O) groups is 3. The minimum atomic E-state index is -5.53. The molecule has 0 spiro atoms. The number of hydrogen-bond donors (Lipinski definition) is 11. The molecule has 7 rings (SSSR count). The predicted molar refractivity (Wildman–Crippen MR) is 270 cm³/mol. The Morgan fingerprint density at radius 1 is 0.987 bits per heavy atom. The van der Waals surface area contributed by atoms with E-state index in [1.165, 1.54) is 66.3 Å². The van der Waals surface area contributed by atoms with Gasteiger partial charge in [0.2, 0.25) is 17.7 Å². The van der Waals surface area contributed by atoms with Gasteiger partial charge in [0.15, 0.2) is 33.6 Å². The highest BCUT2D eigenvalue weighted by molar-refractivity contribution is 7.86. The number of aromatic nitrogens is 4. The summed E-state index contributed by atoms with van der Waals surface area (Å²) in [6, 6.07) is 11.7. The number of aliphatic hydroxyl groups excluding tert-OH is 1. The van der Waals surface area contributed by atoms with Gasteiger partial charge in [0, 0.05) is 68.3 Å². The Kier molecular flexibility index (Phi) is 17.6. The quantitative estimate of drug-likeness (QED) is 0.0156. The van der Waals surface area contributed by atoms with E-state index in [-0.39, 0.29) is 101 Å². The maximum Gasteiger partial charge on any atom is 0.481 e. The van der Waals surface area contributed by atoms with Crippen LogP contribution in [-0.2, 0) is 59.5 Å². The summed E-state index contributed by atoms with van der Waals surface area (Å²) in [4.78, 5) is 91.2. The zero-order valence-corrected chi connectivity index (χ0v) is 44.9. The van der Waals surface area contributed by atoms with Crippen LogP contribution in [0.5, 0.6) is 0 Å². The number of nitrogen functional groups attached to an aromatic ring is 1. The molecule has 12 N–H and O–H groups in total. The molecule has 1 saturated heterocycles. The van der Waals surface area contributed by atoms with Crippen LogP contribution < -0.4 is 37.2 Å².